The van der Waals surface area contributed by atoms with Gasteiger partial charge in [-0.05, 0) is 25.3 Å². The van der Waals surface area contributed by atoms with Gasteiger partial charge in [-0.2, -0.15) is 5.10 Å². The van der Waals surface area contributed by atoms with Crippen molar-refractivity contribution in [3.63, 3.8) is 0 Å². The summed E-state index contributed by atoms with van der Waals surface area (Å²) in [6, 6.07) is 7.02. The van der Waals surface area contributed by atoms with Crippen LogP contribution in [0.3, 0.4) is 0 Å². The van der Waals surface area contributed by atoms with E-state index in [1.54, 1.807) is 36.2 Å². The van der Waals surface area contributed by atoms with Gasteiger partial charge in [0.15, 0.2) is 5.69 Å². The van der Waals surface area contributed by atoms with Gasteiger partial charge in [0.05, 0.1) is 11.3 Å². The Bertz CT molecular complexity index is 906. The number of amides is 2. The topological polar surface area (TPSA) is 84.3 Å². The predicted molar refractivity (Wildman–Crippen MR) is 104 cm³/mol. The highest BCUT2D eigenvalue weighted by Crippen LogP contribution is 2.21. The summed E-state index contributed by atoms with van der Waals surface area (Å²) in [4.78, 5) is 39.5. The Labute approximate surface area is 158 Å². The van der Waals surface area contributed by atoms with Crippen LogP contribution in [0.5, 0.6) is 0 Å². The summed E-state index contributed by atoms with van der Waals surface area (Å²) in [6.45, 7) is 3.73. The first kappa shape index (κ1) is 19.1. The van der Waals surface area contributed by atoms with E-state index in [4.69, 9.17) is 0 Å². The van der Waals surface area contributed by atoms with E-state index >= 15 is 0 Å². The third kappa shape index (κ3) is 4.02. The van der Waals surface area contributed by atoms with E-state index in [0.717, 1.165) is 25.7 Å². The van der Waals surface area contributed by atoms with E-state index in [2.05, 4.69) is 17.3 Å². The molecule has 1 saturated heterocycles. The van der Waals surface area contributed by atoms with Gasteiger partial charge in [0.25, 0.3) is 11.5 Å². The molecule has 1 fully saturated rings. The van der Waals surface area contributed by atoms with Gasteiger partial charge in [0.2, 0.25) is 5.91 Å². The fourth-order valence-electron chi connectivity index (χ4n) is 3.52. The molecule has 3 rings (SSSR count). The predicted octanol–water partition coefficient (Wildman–Crippen LogP) is 1.70. The molecule has 27 heavy (non-hydrogen) atoms. The van der Waals surface area contributed by atoms with Crippen LogP contribution >= 0.6 is 0 Å². The lowest BCUT2D eigenvalue weighted by Gasteiger charge is -2.32. The van der Waals surface area contributed by atoms with Crippen molar-refractivity contribution in [1.82, 2.24) is 20.0 Å². The van der Waals surface area contributed by atoms with Crippen LogP contribution in [0.25, 0.3) is 10.8 Å². The lowest BCUT2D eigenvalue weighted by Crippen LogP contribution is -2.46. The molecular formula is C20H26N4O3. The van der Waals surface area contributed by atoms with Crippen molar-refractivity contribution in [2.45, 2.75) is 32.6 Å². The molecule has 1 atom stereocenters. The Hall–Kier alpha value is -2.70. The molecule has 1 aromatic heterocycles. The lowest BCUT2D eigenvalue weighted by atomic mass is 9.96. The number of hydrogen-bond donors (Lipinski definition) is 1. The summed E-state index contributed by atoms with van der Waals surface area (Å²) in [6.07, 6.45) is 3.54. The molecule has 2 heterocycles. The van der Waals surface area contributed by atoms with Crippen LogP contribution in [0.1, 0.15) is 43.1 Å². The number of fused-ring (bicyclic) bond motifs is 1. The zero-order valence-electron chi connectivity index (χ0n) is 15.9. The summed E-state index contributed by atoms with van der Waals surface area (Å²) in [5, 5.41) is 8.21. The number of benzene rings is 1. The Morgan fingerprint density at radius 2 is 2.00 bits per heavy atom. The number of likely N-dealkylation sites (tertiary alicyclic amines) is 1. The molecule has 2 amide bonds. The van der Waals surface area contributed by atoms with Crippen molar-refractivity contribution in [3.8, 4) is 0 Å². The van der Waals surface area contributed by atoms with Crippen molar-refractivity contribution in [1.29, 1.82) is 0 Å². The second-order valence-corrected chi connectivity index (χ2v) is 7.06. The van der Waals surface area contributed by atoms with E-state index < -0.39 is 0 Å². The van der Waals surface area contributed by atoms with Crippen molar-refractivity contribution in [2.75, 3.05) is 19.6 Å². The minimum absolute atomic E-state index is 0.0132. The van der Waals surface area contributed by atoms with E-state index in [-0.39, 0.29) is 29.0 Å². The van der Waals surface area contributed by atoms with E-state index in [0.29, 0.717) is 30.4 Å². The van der Waals surface area contributed by atoms with Gasteiger partial charge in [-0.15, -0.1) is 0 Å². The summed E-state index contributed by atoms with van der Waals surface area (Å²) < 4.78 is 1.20. The fraction of sp³-hybridized carbons (Fsp3) is 0.500. The van der Waals surface area contributed by atoms with E-state index in [9.17, 15) is 14.4 Å². The average molecular weight is 370 g/mol. The second-order valence-electron chi connectivity index (χ2n) is 7.06. The Morgan fingerprint density at radius 3 is 2.74 bits per heavy atom. The number of hydrogen-bond acceptors (Lipinski definition) is 4. The van der Waals surface area contributed by atoms with Crippen LogP contribution in [0.2, 0.25) is 0 Å². The molecule has 144 valence electrons. The van der Waals surface area contributed by atoms with Crippen molar-refractivity contribution < 1.29 is 9.59 Å². The minimum atomic E-state index is -0.229. The van der Waals surface area contributed by atoms with Crippen LogP contribution in [0, 0.1) is 5.92 Å². The highest BCUT2D eigenvalue weighted by molar-refractivity contribution is 6.05. The first-order valence-electron chi connectivity index (χ1n) is 9.56. The van der Waals surface area contributed by atoms with Gasteiger partial charge in [-0.25, -0.2) is 4.68 Å². The van der Waals surface area contributed by atoms with Crippen LogP contribution in [-0.2, 0) is 11.8 Å². The number of piperidine rings is 1. The minimum Gasteiger partial charge on any atom is -0.356 e. The molecule has 1 aliphatic rings. The zero-order chi connectivity index (χ0) is 19.4. The van der Waals surface area contributed by atoms with Crippen LogP contribution in [0.4, 0.5) is 0 Å². The number of carbonyl (C=O) groups excluding carboxylic acids is 2. The molecule has 0 bridgehead atoms. The summed E-state index contributed by atoms with van der Waals surface area (Å²) in [5.74, 6) is -0.412. The summed E-state index contributed by atoms with van der Waals surface area (Å²) in [7, 11) is 1.55. The summed E-state index contributed by atoms with van der Waals surface area (Å²) >= 11 is 0. The maximum atomic E-state index is 13.1. The maximum Gasteiger partial charge on any atom is 0.274 e. The molecule has 1 aliphatic heterocycles. The number of nitrogens with one attached hydrogen (secondary N) is 1. The van der Waals surface area contributed by atoms with Crippen molar-refractivity contribution in [2.24, 2.45) is 13.0 Å². The largest absolute Gasteiger partial charge is 0.356 e. The maximum absolute atomic E-state index is 13.1. The molecule has 1 N–H and O–H groups in total. The van der Waals surface area contributed by atoms with Gasteiger partial charge < -0.3 is 10.2 Å². The monoisotopic (exact) mass is 370 g/mol. The van der Waals surface area contributed by atoms with Crippen LogP contribution < -0.4 is 10.9 Å². The third-order valence-corrected chi connectivity index (χ3v) is 5.07. The quantitative estimate of drug-likeness (QED) is 0.812. The second kappa shape index (κ2) is 8.33. The number of unbranched alkanes of at least 4 members (excludes halogenated alkanes) is 1. The van der Waals surface area contributed by atoms with Crippen LogP contribution in [-0.4, -0.2) is 46.1 Å². The van der Waals surface area contributed by atoms with E-state index in [1.165, 1.54) is 4.68 Å². The number of nitrogens with zero attached hydrogens (tertiary/aromatic N) is 3. The smallest absolute Gasteiger partial charge is 0.274 e. The zero-order valence-corrected chi connectivity index (χ0v) is 15.9. The average Bonchev–Trinajstić information content (AvgIpc) is 2.70. The van der Waals surface area contributed by atoms with Gasteiger partial charge in [-0.3, -0.25) is 14.4 Å². The van der Waals surface area contributed by atoms with Gasteiger partial charge in [-0.1, -0.05) is 31.5 Å². The van der Waals surface area contributed by atoms with Gasteiger partial charge in [0.1, 0.15) is 0 Å². The van der Waals surface area contributed by atoms with Crippen molar-refractivity contribution in [3.05, 3.63) is 40.3 Å². The normalized spacial score (nSPS) is 17.1. The molecule has 7 nitrogen and oxygen atoms in total. The molecule has 2 aromatic rings. The standard InChI is InChI=1S/C20H26N4O3/c1-3-4-11-21-18(25)14-8-7-12-24(13-14)20(27)17-15-9-5-6-10-16(15)19(26)23(2)22-17/h5-6,9-10,14H,3-4,7-8,11-13H2,1-2H3,(H,21,25). The highest BCUT2D eigenvalue weighted by Gasteiger charge is 2.30. The lowest BCUT2D eigenvalue weighted by molar-refractivity contribution is -0.126. The Kier molecular flexibility index (Phi) is 5.88. The number of rotatable bonds is 5. The number of carbonyl (C=O) groups is 2. The molecule has 0 aliphatic carbocycles. The Balaban J connectivity index is 1.82. The molecule has 1 aromatic carbocycles. The summed E-state index contributed by atoms with van der Waals surface area (Å²) in [5.41, 5.74) is 0.0358. The van der Waals surface area contributed by atoms with Crippen molar-refractivity contribution >= 4 is 22.6 Å². The molecule has 1 unspecified atom stereocenters. The fourth-order valence-corrected chi connectivity index (χ4v) is 3.52. The first-order chi connectivity index (χ1) is 13.0. The molecular weight excluding hydrogens is 344 g/mol. The molecule has 0 spiro atoms. The van der Waals surface area contributed by atoms with Gasteiger partial charge in [0, 0.05) is 32.1 Å². The Morgan fingerprint density at radius 1 is 1.26 bits per heavy atom. The molecule has 0 saturated carbocycles. The molecule has 0 radical (unpaired) electrons. The first-order valence-corrected chi connectivity index (χ1v) is 9.56. The number of aryl methyl sites for hydroxylation is 1. The van der Waals surface area contributed by atoms with E-state index in [1.807, 2.05) is 0 Å². The third-order valence-electron chi connectivity index (χ3n) is 5.07. The highest BCUT2D eigenvalue weighted by atomic mass is 16.2. The van der Waals surface area contributed by atoms with Gasteiger partial charge >= 0.3 is 0 Å². The molecule has 7 heteroatoms. The number of aromatic nitrogens is 2. The van der Waals surface area contributed by atoms with Crippen LogP contribution in [0.15, 0.2) is 29.1 Å². The SMILES string of the molecule is CCCCNC(=O)C1CCCN(C(=O)c2nn(C)c(=O)c3ccccc23)C1.